The molecule has 1 amide bonds. The smallest absolute Gasteiger partial charge is 0.251 e. The zero-order valence-corrected chi connectivity index (χ0v) is 15.4. The van der Waals surface area contributed by atoms with Gasteiger partial charge in [-0.05, 0) is 23.4 Å². The molecule has 1 aromatic carbocycles. The van der Waals surface area contributed by atoms with Gasteiger partial charge in [0.15, 0.2) is 6.20 Å². The second-order valence-corrected chi connectivity index (χ2v) is 7.17. The lowest BCUT2D eigenvalue weighted by molar-refractivity contribution is -0.645. The van der Waals surface area contributed by atoms with Gasteiger partial charge in [-0.25, -0.2) is 0 Å². The van der Waals surface area contributed by atoms with E-state index in [4.69, 9.17) is 4.74 Å². The van der Waals surface area contributed by atoms with Crippen LogP contribution < -0.4 is 10.0 Å². The molecule has 2 heterocycles. The molecular weight excluding hydrogens is 350 g/mol. The van der Waals surface area contributed by atoms with Crippen molar-refractivity contribution in [2.75, 3.05) is 32.0 Å². The molecule has 0 aliphatic carbocycles. The van der Waals surface area contributed by atoms with Gasteiger partial charge < -0.3 is 15.3 Å². The lowest BCUT2D eigenvalue weighted by atomic mass is 10.2. The summed E-state index contributed by atoms with van der Waals surface area (Å²) in [5.74, 6) is 0.120. The van der Waals surface area contributed by atoms with E-state index in [0.717, 1.165) is 24.4 Å². The van der Waals surface area contributed by atoms with E-state index in [0.29, 0.717) is 18.2 Å². The van der Waals surface area contributed by atoms with E-state index in [1.54, 1.807) is 18.2 Å². The van der Waals surface area contributed by atoms with E-state index >= 15 is 0 Å². The molecule has 1 N–H and O–H groups in total. The fraction of sp³-hybridized carbons (Fsp3) is 0.368. The first-order chi connectivity index (χ1) is 12.7. The van der Waals surface area contributed by atoms with Crippen molar-refractivity contribution in [3.8, 4) is 0 Å². The Bertz CT molecular complexity index is 714. The maximum Gasteiger partial charge on any atom is 0.251 e. The lowest BCUT2D eigenvalue weighted by Gasteiger charge is -2.33. The number of amides is 1. The highest BCUT2D eigenvalue weighted by molar-refractivity contribution is 7.99. The summed E-state index contributed by atoms with van der Waals surface area (Å²) in [5.41, 5.74) is 1.28. The van der Waals surface area contributed by atoms with Crippen LogP contribution in [0.5, 0.6) is 0 Å². The minimum Gasteiger partial charge on any atom is -0.618 e. The van der Waals surface area contributed by atoms with Crippen LogP contribution in [0.4, 0.5) is 0 Å². The maximum atomic E-state index is 12.0. The van der Waals surface area contributed by atoms with Crippen molar-refractivity contribution in [1.29, 1.82) is 0 Å². The van der Waals surface area contributed by atoms with E-state index in [9.17, 15) is 10.0 Å². The van der Waals surface area contributed by atoms with Crippen molar-refractivity contribution in [2.24, 2.45) is 0 Å². The number of nitrogens with one attached hydrogen (secondary N) is 1. The Morgan fingerprint density at radius 3 is 2.88 bits per heavy atom. The van der Waals surface area contributed by atoms with Crippen molar-refractivity contribution in [1.82, 2.24) is 10.2 Å². The molecule has 0 saturated carbocycles. The summed E-state index contributed by atoms with van der Waals surface area (Å²) in [7, 11) is 0. The predicted octanol–water partition coefficient (Wildman–Crippen LogP) is 1.43. The molecule has 0 bridgehead atoms. The van der Waals surface area contributed by atoms with Crippen LogP contribution in [0.15, 0.2) is 59.8 Å². The van der Waals surface area contributed by atoms with Gasteiger partial charge in [-0.15, -0.1) is 0 Å². The monoisotopic (exact) mass is 373 g/mol. The number of morpholine rings is 1. The number of thioether (sulfide) groups is 1. The van der Waals surface area contributed by atoms with Gasteiger partial charge in [-0.2, -0.15) is 4.73 Å². The number of aromatic nitrogens is 1. The van der Waals surface area contributed by atoms with Crippen LogP contribution in [0.1, 0.15) is 5.56 Å². The number of hydrogen-bond acceptors (Lipinski definition) is 5. The molecule has 6 nitrogen and oxygen atoms in total. The zero-order valence-electron chi connectivity index (χ0n) is 14.5. The summed E-state index contributed by atoms with van der Waals surface area (Å²) in [6, 6.07) is 15.5. The van der Waals surface area contributed by atoms with Crippen molar-refractivity contribution >= 4 is 17.7 Å². The molecule has 1 saturated heterocycles. The van der Waals surface area contributed by atoms with E-state index in [-0.39, 0.29) is 17.8 Å². The summed E-state index contributed by atoms with van der Waals surface area (Å²) in [4.78, 5) is 14.4. The molecule has 7 heteroatoms. The molecule has 3 rings (SSSR count). The highest BCUT2D eigenvalue weighted by atomic mass is 32.2. The third-order valence-electron chi connectivity index (χ3n) is 4.14. The van der Waals surface area contributed by atoms with Crippen molar-refractivity contribution in [2.45, 2.75) is 17.7 Å². The first-order valence-electron chi connectivity index (χ1n) is 8.66. The number of pyridine rings is 1. The molecular formula is C19H23N3O3S. The molecule has 1 aromatic heterocycles. The van der Waals surface area contributed by atoms with Crippen molar-refractivity contribution < 1.29 is 14.3 Å². The molecule has 26 heavy (non-hydrogen) atoms. The van der Waals surface area contributed by atoms with E-state index in [1.807, 2.05) is 18.2 Å². The minimum absolute atomic E-state index is 0.0115. The Hall–Kier alpha value is -2.09. The molecule has 1 aliphatic rings. The lowest BCUT2D eigenvalue weighted by Crippen LogP contribution is -2.47. The van der Waals surface area contributed by atoms with E-state index in [2.05, 4.69) is 22.3 Å². The topological polar surface area (TPSA) is 68.5 Å². The Morgan fingerprint density at radius 2 is 2.08 bits per heavy atom. The Kier molecular flexibility index (Phi) is 6.88. The van der Waals surface area contributed by atoms with Crippen LogP contribution in [-0.4, -0.2) is 48.9 Å². The summed E-state index contributed by atoms with van der Waals surface area (Å²) in [6.45, 7) is 3.73. The number of hydrogen-bond donors (Lipinski definition) is 1. The predicted molar refractivity (Wildman–Crippen MR) is 101 cm³/mol. The van der Waals surface area contributed by atoms with Crippen LogP contribution in [0.2, 0.25) is 0 Å². The molecule has 0 spiro atoms. The Labute approximate surface area is 157 Å². The molecule has 0 radical (unpaired) electrons. The molecule has 1 unspecified atom stereocenters. The fourth-order valence-electron chi connectivity index (χ4n) is 2.83. The third-order valence-corrected chi connectivity index (χ3v) is 5.16. The normalized spacial score (nSPS) is 17.8. The first-order valence-corrected chi connectivity index (χ1v) is 9.65. The van der Waals surface area contributed by atoms with Gasteiger partial charge in [0.25, 0.3) is 5.03 Å². The number of carbonyl (C=O) groups is 1. The SMILES string of the molecule is O=C(CSc1cccc[n+]1[O-])NCC1CN(Cc2ccccc2)CCO1. The van der Waals surface area contributed by atoms with Gasteiger partial charge >= 0.3 is 0 Å². The van der Waals surface area contributed by atoms with Crippen LogP contribution >= 0.6 is 11.8 Å². The van der Waals surface area contributed by atoms with Gasteiger partial charge in [0.2, 0.25) is 5.91 Å². The average molecular weight is 373 g/mol. The van der Waals surface area contributed by atoms with Crippen LogP contribution in [0, 0.1) is 5.21 Å². The second kappa shape index (κ2) is 9.56. The van der Waals surface area contributed by atoms with E-state index < -0.39 is 0 Å². The summed E-state index contributed by atoms with van der Waals surface area (Å²) < 4.78 is 6.53. The van der Waals surface area contributed by atoms with Crippen LogP contribution in [0.25, 0.3) is 0 Å². The van der Waals surface area contributed by atoms with Crippen molar-refractivity contribution in [3.05, 3.63) is 65.5 Å². The van der Waals surface area contributed by atoms with E-state index in [1.165, 1.54) is 23.5 Å². The fourth-order valence-corrected chi connectivity index (χ4v) is 3.58. The molecule has 1 atom stereocenters. The quantitative estimate of drug-likeness (QED) is 0.452. The van der Waals surface area contributed by atoms with Gasteiger partial charge in [-0.1, -0.05) is 30.3 Å². The minimum atomic E-state index is -0.0948. The highest BCUT2D eigenvalue weighted by Crippen LogP contribution is 2.12. The largest absolute Gasteiger partial charge is 0.618 e. The molecule has 1 aliphatic heterocycles. The first kappa shape index (κ1) is 18.7. The van der Waals surface area contributed by atoms with Gasteiger partial charge in [0.05, 0.1) is 18.5 Å². The zero-order chi connectivity index (χ0) is 18.2. The van der Waals surface area contributed by atoms with Gasteiger partial charge in [0, 0.05) is 38.3 Å². The molecule has 2 aromatic rings. The Morgan fingerprint density at radius 1 is 1.27 bits per heavy atom. The van der Waals surface area contributed by atoms with Gasteiger partial charge in [0.1, 0.15) is 0 Å². The Balaban J connectivity index is 1.39. The number of rotatable bonds is 7. The van der Waals surface area contributed by atoms with Crippen molar-refractivity contribution in [3.63, 3.8) is 0 Å². The third kappa shape index (κ3) is 5.72. The maximum absolute atomic E-state index is 12.0. The average Bonchev–Trinajstić information content (AvgIpc) is 2.67. The number of carbonyl (C=O) groups excluding carboxylic acids is 1. The summed E-state index contributed by atoms with van der Waals surface area (Å²) in [5, 5.41) is 15.0. The number of nitrogens with zero attached hydrogens (tertiary/aromatic N) is 2. The highest BCUT2D eigenvalue weighted by Gasteiger charge is 2.21. The number of ether oxygens (including phenoxy) is 1. The second-order valence-electron chi connectivity index (χ2n) is 6.17. The standard InChI is InChI=1S/C19H23N3O3S/c23-18(15-26-19-8-4-5-9-22(19)24)20-12-17-14-21(10-11-25-17)13-16-6-2-1-3-7-16/h1-9,17H,10-15H2,(H,20,23). The molecule has 1 fully saturated rings. The van der Waals surface area contributed by atoms with Crippen LogP contribution in [0.3, 0.4) is 0 Å². The summed E-state index contributed by atoms with van der Waals surface area (Å²) in [6.07, 6.45) is 1.42. The summed E-state index contributed by atoms with van der Waals surface area (Å²) >= 11 is 1.23. The van der Waals surface area contributed by atoms with Gasteiger partial charge in [-0.3, -0.25) is 9.69 Å². The molecule has 138 valence electrons. The number of benzene rings is 1. The van der Waals surface area contributed by atoms with Crippen LogP contribution in [-0.2, 0) is 16.1 Å².